The Balaban J connectivity index is 1.84. The van der Waals surface area contributed by atoms with Crippen molar-refractivity contribution >= 4 is 11.0 Å². The molecule has 0 aliphatic heterocycles. The molecule has 21 heavy (non-hydrogen) atoms. The number of phenolic OH excluding ortho intramolecular Hbond substituents is 1. The van der Waals surface area contributed by atoms with Crippen molar-refractivity contribution in [1.82, 2.24) is 9.55 Å². The first kappa shape index (κ1) is 12.4. The summed E-state index contributed by atoms with van der Waals surface area (Å²) in [6.07, 6.45) is 2.77. The Morgan fingerprint density at radius 1 is 1.19 bits per heavy atom. The van der Waals surface area contributed by atoms with Gasteiger partial charge in [-0.15, -0.1) is 0 Å². The zero-order valence-corrected chi connectivity index (χ0v) is 11.5. The number of para-hydroxylation sites is 1. The molecule has 3 aromatic rings. The van der Waals surface area contributed by atoms with Gasteiger partial charge in [-0.1, -0.05) is 18.2 Å². The van der Waals surface area contributed by atoms with Crippen molar-refractivity contribution in [2.75, 3.05) is 0 Å². The maximum Gasteiger partial charge on any atom is 0.125 e. The first-order valence-electron chi connectivity index (χ1n) is 7.15. The molecule has 1 heterocycles. The van der Waals surface area contributed by atoms with Gasteiger partial charge in [0.2, 0.25) is 0 Å². The fourth-order valence-corrected chi connectivity index (χ4v) is 2.81. The summed E-state index contributed by atoms with van der Waals surface area (Å²) >= 11 is 0. The maximum atomic E-state index is 13.5. The Bertz CT molecular complexity index is 821. The quantitative estimate of drug-likeness (QED) is 0.793. The van der Waals surface area contributed by atoms with Crippen molar-refractivity contribution in [3.63, 3.8) is 0 Å². The number of benzene rings is 2. The van der Waals surface area contributed by atoms with Crippen LogP contribution in [0.25, 0.3) is 11.0 Å². The van der Waals surface area contributed by atoms with E-state index in [2.05, 4.69) is 9.55 Å². The zero-order chi connectivity index (χ0) is 14.4. The van der Waals surface area contributed by atoms with E-state index in [4.69, 9.17) is 0 Å². The number of hydrogen-bond donors (Lipinski definition) is 1. The molecule has 4 heteroatoms. The van der Waals surface area contributed by atoms with Crippen molar-refractivity contribution < 1.29 is 9.50 Å². The Labute approximate surface area is 121 Å². The molecule has 1 aliphatic carbocycles. The number of phenols is 1. The minimum atomic E-state index is -0.238. The smallest absolute Gasteiger partial charge is 0.125 e. The highest BCUT2D eigenvalue weighted by atomic mass is 19.1. The summed E-state index contributed by atoms with van der Waals surface area (Å²) in [6.45, 7) is 0. The molecule has 0 saturated heterocycles. The van der Waals surface area contributed by atoms with Gasteiger partial charge in [-0.05, 0) is 37.1 Å². The first-order valence-corrected chi connectivity index (χ1v) is 7.15. The lowest BCUT2D eigenvalue weighted by Gasteiger charge is -2.08. The van der Waals surface area contributed by atoms with Crippen LogP contribution >= 0.6 is 0 Å². The van der Waals surface area contributed by atoms with Crippen LogP contribution in [0.2, 0.25) is 0 Å². The Morgan fingerprint density at radius 2 is 2.00 bits per heavy atom. The van der Waals surface area contributed by atoms with E-state index in [1.54, 1.807) is 24.3 Å². The van der Waals surface area contributed by atoms with Crippen molar-refractivity contribution in [3.8, 4) is 5.75 Å². The predicted octanol–water partition coefficient (Wildman–Crippen LogP) is 3.81. The van der Waals surface area contributed by atoms with Crippen LogP contribution in [0.5, 0.6) is 5.75 Å². The number of aromatic hydroxyl groups is 1. The molecule has 4 rings (SSSR count). The Morgan fingerprint density at radius 3 is 2.76 bits per heavy atom. The third-order valence-electron chi connectivity index (χ3n) is 3.98. The number of hydrogen-bond acceptors (Lipinski definition) is 2. The fourth-order valence-electron chi connectivity index (χ4n) is 2.81. The minimum Gasteiger partial charge on any atom is -0.508 e. The highest BCUT2D eigenvalue weighted by Crippen LogP contribution is 2.39. The molecule has 0 bridgehead atoms. The monoisotopic (exact) mass is 282 g/mol. The molecular formula is C17H15FN2O. The molecule has 0 amide bonds. The molecule has 0 radical (unpaired) electrons. The molecule has 1 N–H and O–H groups in total. The van der Waals surface area contributed by atoms with Crippen LogP contribution in [0, 0.1) is 5.82 Å². The molecular weight excluding hydrogens is 267 g/mol. The van der Waals surface area contributed by atoms with Gasteiger partial charge >= 0.3 is 0 Å². The predicted molar refractivity (Wildman–Crippen MR) is 78.9 cm³/mol. The summed E-state index contributed by atoms with van der Waals surface area (Å²) in [6, 6.07) is 12.4. The van der Waals surface area contributed by atoms with Crippen LogP contribution in [0.4, 0.5) is 4.39 Å². The minimum absolute atomic E-state index is 0.238. The first-order chi connectivity index (χ1) is 10.2. The average Bonchev–Trinajstić information content (AvgIpc) is 3.24. The van der Waals surface area contributed by atoms with Gasteiger partial charge in [-0.2, -0.15) is 0 Å². The summed E-state index contributed by atoms with van der Waals surface area (Å²) < 4.78 is 15.6. The van der Waals surface area contributed by atoms with Crippen molar-refractivity contribution in [3.05, 3.63) is 59.7 Å². The second-order valence-corrected chi connectivity index (χ2v) is 5.57. The van der Waals surface area contributed by atoms with Crippen LogP contribution in [-0.2, 0) is 6.42 Å². The van der Waals surface area contributed by atoms with Crippen molar-refractivity contribution in [1.29, 1.82) is 0 Å². The molecule has 106 valence electrons. The molecule has 2 aromatic carbocycles. The van der Waals surface area contributed by atoms with Crippen molar-refractivity contribution in [2.45, 2.75) is 25.3 Å². The fraction of sp³-hybridized carbons (Fsp3) is 0.235. The van der Waals surface area contributed by atoms with E-state index in [1.807, 2.05) is 12.1 Å². The maximum absolute atomic E-state index is 13.5. The molecule has 3 nitrogen and oxygen atoms in total. The Kier molecular flexibility index (Phi) is 2.70. The lowest BCUT2D eigenvalue weighted by Crippen LogP contribution is -2.02. The van der Waals surface area contributed by atoms with Crippen LogP contribution in [0.15, 0.2) is 42.5 Å². The van der Waals surface area contributed by atoms with Gasteiger partial charge in [0, 0.05) is 18.0 Å². The molecule has 0 atom stereocenters. The van der Waals surface area contributed by atoms with E-state index in [9.17, 15) is 9.50 Å². The summed E-state index contributed by atoms with van der Waals surface area (Å²) in [5, 5.41) is 9.94. The third-order valence-corrected chi connectivity index (χ3v) is 3.98. The molecule has 1 aromatic heterocycles. The summed E-state index contributed by atoms with van der Waals surface area (Å²) in [5.41, 5.74) is 2.51. The highest BCUT2D eigenvalue weighted by molar-refractivity contribution is 5.76. The Hall–Kier alpha value is -2.36. The van der Waals surface area contributed by atoms with Crippen LogP contribution in [0.1, 0.15) is 30.3 Å². The van der Waals surface area contributed by atoms with Crippen LogP contribution < -0.4 is 0 Å². The standard InChI is InChI=1S/C17H15FN2O/c18-12-5-8-14-15(10-12)20(13-6-7-13)17(19-14)9-11-3-1-2-4-16(11)21/h1-5,8,10,13,21H,6-7,9H2. The average molecular weight is 282 g/mol. The van der Waals surface area contributed by atoms with Crippen LogP contribution in [-0.4, -0.2) is 14.7 Å². The van der Waals surface area contributed by atoms with E-state index in [0.29, 0.717) is 12.5 Å². The van der Waals surface area contributed by atoms with E-state index >= 15 is 0 Å². The number of imidazole rings is 1. The summed E-state index contributed by atoms with van der Waals surface area (Å²) in [4.78, 5) is 4.64. The van der Waals surface area contributed by atoms with Gasteiger partial charge < -0.3 is 9.67 Å². The second kappa shape index (κ2) is 4.58. The molecule has 0 unspecified atom stereocenters. The molecule has 1 saturated carbocycles. The van der Waals surface area contributed by atoms with Crippen LogP contribution in [0.3, 0.4) is 0 Å². The van der Waals surface area contributed by atoms with Crippen molar-refractivity contribution in [2.24, 2.45) is 0 Å². The van der Waals surface area contributed by atoms with E-state index in [1.165, 1.54) is 6.07 Å². The van der Waals surface area contributed by atoms with E-state index < -0.39 is 0 Å². The zero-order valence-electron chi connectivity index (χ0n) is 11.5. The number of fused-ring (bicyclic) bond motifs is 1. The molecule has 0 spiro atoms. The van der Waals surface area contributed by atoms with Gasteiger partial charge in [-0.3, -0.25) is 0 Å². The van der Waals surface area contributed by atoms with Gasteiger partial charge in [0.1, 0.15) is 17.4 Å². The molecule has 1 fully saturated rings. The number of halogens is 1. The normalized spacial score (nSPS) is 14.7. The van der Waals surface area contributed by atoms with Gasteiger partial charge in [-0.25, -0.2) is 9.37 Å². The number of rotatable bonds is 3. The third kappa shape index (κ3) is 2.17. The van der Waals surface area contributed by atoms with E-state index in [-0.39, 0.29) is 11.6 Å². The highest BCUT2D eigenvalue weighted by Gasteiger charge is 2.28. The largest absolute Gasteiger partial charge is 0.508 e. The topological polar surface area (TPSA) is 38.1 Å². The number of nitrogens with zero attached hydrogens (tertiary/aromatic N) is 2. The van der Waals surface area contributed by atoms with Gasteiger partial charge in [0.25, 0.3) is 0 Å². The van der Waals surface area contributed by atoms with Gasteiger partial charge in [0.05, 0.1) is 11.0 Å². The summed E-state index contributed by atoms with van der Waals surface area (Å²) in [5.74, 6) is 0.927. The second-order valence-electron chi connectivity index (χ2n) is 5.57. The SMILES string of the molecule is Oc1ccccc1Cc1nc2ccc(F)cc2n1C1CC1. The number of aromatic nitrogens is 2. The van der Waals surface area contributed by atoms with Gasteiger partial charge in [0.15, 0.2) is 0 Å². The summed E-state index contributed by atoms with van der Waals surface area (Å²) in [7, 11) is 0. The van der Waals surface area contributed by atoms with E-state index in [0.717, 1.165) is 35.3 Å². The molecule has 1 aliphatic rings. The lowest BCUT2D eigenvalue weighted by molar-refractivity contribution is 0.468. The lowest BCUT2D eigenvalue weighted by atomic mass is 10.1.